The third kappa shape index (κ3) is 5.42. The second kappa shape index (κ2) is 8.99. The molecule has 27 heavy (non-hydrogen) atoms. The number of ether oxygens (including phenoxy) is 1. The monoisotopic (exact) mass is 390 g/mol. The summed E-state index contributed by atoms with van der Waals surface area (Å²) in [7, 11) is 0. The van der Waals surface area contributed by atoms with Crippen molar-refractivity contribution in [3.05, 3.63) is 34.3 Å². The summed E-state index contributed by atoms with van der Waals surface area (Å²) in [4.78, 5) is 47.4. The Balaban J connectivity index is 2.15. The van der Waals surface area contributed by atoms with Crippen LogP contribution in [0.4, 0.5) is 11.4 Å². The van der Waals surface area contributed by atoms with Gasteiger partial charge in [0.25, 0.3) is 0 Å². The molecule has 0 fully saturated rings. The summed E-state index contributed by atoms with van der Waals surface area (Å²) < 4.78 is 8.76. The Kier molecular flexibility index (Phi) is 6.72. The lowest BCUT2D eigenvalue weighted by Crippen LogP contribution is -2.18. The molecular formula is C17H18N4O5S. The molecule has 0 atom stereocenters. The van der Waals surface area contributed by atoms with E-state index >= 15 is 0 Å². The molecule has 9 nitrogen and oxygen atoms in total. The predicted molar refractivity (Wildman–Crippen MR) is 98.9 cm³/mol. The van der Waals surface area contributed by atoms with Gasteiger partial charge in [-0.05, 0) is 36.2 Å². The van der Waals surface area contributed by atoms with Crippen LogP contribution in [0.1, 0.15) is 46.5 Å². The zero-order valence-corrected chi connectivity index (χ0v) is 15.8. The van der Waals surface area contributed by atoms with Crippen molar-refractivity contribution in [2.45, 2.75) is 27.2 Å². The Bertz CT molecular complexity index is 893. The van der Waals surface area contributed by atoms with Crippen LogP contribution in [0.2, 0.25) is 0 Å². The molecule has 0 aliphatic rings. The normalized spacial score (nSPS) is 10.2. The lowest BCUT2D eigenvalue weighted by atomic mass is 10.1. The van der Waals surface area contributed by atoms with Gasteiger partial charge in [-0.25, -0.2) is 4.79 Å². The van der Waals surface area contributed by atoms with Gasteiger partial charge in [-0.15, -0.1) is 5.10 Å². The molecule has 0 unspecified atom stereocenters. The van der Waals surface area contributed by atoms with Crippen LogP contribution in [0.15, 0.2) is 18.2 Å². The van der Waals surface area contributed by atoms with E-state index in [1.54, 1.807) is 0 Å². The Morgan fingerprint density at radius 2 is 1.81 bits per heavy atom. The first-order chi connectivity index (χ1) is 12.8. The Labute approximate surface area is 159 Å². The van der Waals surface area contributed by atoms with Gasteiger partial charge >= 0.3 is 5.97 Å². The van der Waals surface area contributed by atoms with E-state index in [-0.39, 0.29) is 27.9 Å². The van der Waals surface area contributed by atoms with Crippen molar-refractivity contribution in [2.75, 3.05) is 17.2 Å². The fourth-order valence-corrected chi connectivity index (χ4v) is 2.88. The first-order valence-electron chi connectivity index (χ1n) is 8.02. The molecule has 2 aromatic rings. The van der Waals surface area contributed by atoms with Crippen molar-refractivity contribution in [1.29, 1.82) is 0 Å². The SMILES string of the molecule is CCc1nnsc1C(=O)OCC(=O)c1ccc(NC(C)=O)cc1NC(C)=O. The summed E-state index contributed by atoms with van der Waals surface area (Å²) in [6.07, 6.45) is 0.520. The number of hydrogen-bond donors (Lipinski definition) is 2. The average molecular weight is 390 g/mol. The minimum atomic E-state index is -0.675. The number of nitrogens with one attached hydrogen (secondary N) is 2. The molecule has 0 spiro atoms. The molecule has 1 aromatic carbocycles. The molecule has 142 valence electrons. The Morgan fingerprint density at radius 1 is 1.11 bits per heavy atom. The maximum absolute atomic E-state index is 12.5. The second-order valence-electron chi connectivity index (χ2n) is 5.52. The third-order valence-corrected chi connectivity index (χ3v) is 4.11. The number of anilines is 2. The molecule has 0 saturated heterocycles. The van der Waals surface area contributed by atoms with Crippen molar-refractivity contribution in [3.63, 3.8) is 0 Å². The first kappa shape index (κ1) is 20.2. The zero-order valence-electron chi connectivity index (χ0n) is 15.0. The topological polar surface area (TPSA) is 127 Å². The van der Waals surface area contributed by atoms with Crippen LogP contribution < -0.4 is 10.6 Å². The molecule has 0 saturated carbocycles. The standard InChI is InChI=1S/C17H18N4O5S/c1-4-13-16(27-21-20-13)17(25)26-8-15(24)12-6-5-11(18-9(2)22)7-14(12)19-10(3)23/h5-7H,4,8H2,1-3H3,(H,18,22)(H,19,23). The van der Waals surface area contributed by atoms with E-state index in [4.69, 9.17) is 4.74 Å². The van der Waals surface area contributed by atoms with E-state index in [2.05, 4.69) is 20.2 Å². The molecule has 0 aliphatic heterocycles. The van der Waals surface area contributed by atoms with Crippen LogP contribution in [-0.2, 0) is 20.7 Å². The van der Waals surface area contributed by atoms with Gasteiger partial charge in [0.2, 0.25) is 17.6 Å². The number of esters is 1. The average Bonchev–Trinajstić information content (AvgIpc) is 3.07. The van der Waals surface area contributed by atoms with E-state index in [0.29, 0.717) is 17.8 Å². The molecule has 0 aliphatic carbocycles. The molecule has 0 bridgehead atoms. The van der Waals surface area contributed by atoms with E-state index in [1.165, 1.54) is 32.0 Å². The molecule has 1 heterocycles. The number of benzene rings is 1. The highest BCUT2D eigenvalue weighted by Gasteiger charge is 2.20. The summed E-state index contributed by atoms with van der Waals surface area (Å²) in [6, 6.07) is 4.42. The van der Waals surface area contributed by atoms with Gasteiger partial charge in [-0.2, -0.15) is 0 Å². The van der Waals surface area contributed by atoms with Crippen LogP contribution >= 0.6 is 11.5 Å². The summed E-state index contributed by atoms with van der Waals surface area (Å²) in [5, 5.41) is 8.92. The molecule has 1 aromatic heterocycles. The van der Waals surface area contributed by atoms with Crippen LogP contribution in [0.5, 0.6) is 0 Å². The summed E-state index contributed by atoms with van der Waals surface area (Å²) in [5.41, 5.74) is 1.30. The molecule has 0 radical (unpaired) electrons. The van der Waals surface area contributed by atoms with Crippen LogP contribution in [-0.4, -0.2) is 39.8 Å². The number of carbonyl (C=O) groups excluding carboxylic acids is 4. The van der Waals surface area contributed by atoms with Crippen molar-refractivity contribution in [3.8, 4) is 0 Å². The fraction of sp³-hybridized carbons (Fsp3) is 0.294. The van der Waals surface area contributed by atoms with Gasteiger partial charge in [0, 0.05) is 25.1 Å². The highest BCUT2D eigenvalue weighted by molar-refractivity contribution is 7.07. The van der Waals surface area contributed by atoms with Gasteiger partial charge in [-0.3, -0.25) is 14.4 Å². The zero-order chi connectivity index (χ0) is 20.0. The third-order valence-electron chi connectivity index (χ3n) is 3.36. The van der Waals surface area contributed by atoms with Crippen molar-refractivity contribution >= 4 is 46.5 Å². The Hall–Kier alpha value is -3.14. The van der Waals surface area contributed by atoms with Crippen molar-refractivity contribution < 1.29 is 23.9 Å². The molecule has 10 heteroatoms. The van der Waals surface area contributed by atoms with Gasteiger partial charge in [0.05, 0.1) is 11.4 Å². The van der Waals surface area contributed by atoms with E-state index < -0.39 is 18.4 Å². The predicted octanol–water partition coefficient (Wildman–Crippen LogP) is 2.06. The summed E-state index contributed by atoms with van der Waals surface area (Å²) in [5.74, 6) is -1.85. The molecule has 2 rings (SSSR count). The largest absolute Gasteiger partial charge is 0.453 e. The number of carbonyl (C=O) groups is 4. The smallest absolute Gasteiger partial charge is 0.352 e. The maximum Gasteiger partial charge on any atom is 0.352 e. The highest BCUT2D eigenvalue weighted by atomic mass is 32.1. The molecule has 2 N–H and O–H groups in total. The van der Waals surface area contributed by atoms with Crippen molar-refractivity contribution in [1.82, 2.24) is 9.59 Å². The number of hydrogen-bond acceptors (Lipinski definition) is 8. The second-order valence-corrected chi connectivity index (χ2v) is 6.28. The first-order valence-corrected chi connectivity index (χ1v) is 8.80. The Morgan fingerprint density at radius 3 is 2.44 bits per heavy atom. The van der Waals surface area contributed by atoms with Gasteiger partial charge in [0.15, 0.2) is 11.5 Å². The maximum atomic E-state index is 12.5. The van der Waals surface area contributed by atoms with Gasteiger partial charge < -0.3 is 15.4 Å². The lowest BCUT2D eigenvalue weighted by Gasteiger charge is -2.12. The lowest BCUT2D eigenvalue weighted by molar-refractivity contribution is -0.115. The van der Waals surface area contributed by atoms with E-state index in [9.17, 15) is 19.2 Å². The number of rotatable bonds is 7. The summed E-state index contributed by atoms with van der Waals surface area (Å²) >= 11 is 0.905. The minimum Gasteiger partial charge on any atom is -0.453 e. The number of aryl methyl sites for hydroxylation is 1. The number of amides is 2. The van der Waals surface area contributed by atoms with E-state index in [0.717, 1.165) is 11.5 Å². The van der Waals surface area contributed by atoms with Crippen LogP contribution in [0.3, 0.4) is 0 Å². The molecular weight excluding hydrogens is 372 g/mol. The molecule has 2 amide bonds. The van der Waals surface area contributed by atoms with Crippen molar-refractivity contribution in [2.24, 2.45) is 0 Å². The summed E-state index contributed by atoms with van der Waals surface area (Å²) in [6.45, 7) is 3.96. The highest BCUT2D eigenvalue weighted by Crippen LogP contribution is 2.22. The number of Topliss-reactive ketones (excluding diaryl/α,β-unsaturated/α-hetero) is 1. The fourth-order valence-electron chi connectivity index (χ4n) is 2.23. The van der Waals surface area contributed by atoms with Gasteiger partial charge in [0.1, 0.15) is 0 Å². The minimum absolute atomic E-state index is 0.158. The number of ketones is 1. The van der Waals surface area contributed by atoms with Crippen LogP contribution in [0.25, 0.3) is 0 Å². The van der Waals surface area contributed by atoms with Crippen LogP contribution in [0, 0.1) is 0 Å². The number of nitrogens with zero attached hydrogens (tertiary/aromatic N) is 2. The number of aromatic nitrogens is 2. The van der Waals surface area contributed by atoms with E-state index in [1.807, 2.05) is 6.92 Å². The quantitative estimate of drug-likeness (QED) is 0.547. The van der Waals surface area contributed by atoms with Gasteiger partial charge in [-0.1, -0.05) is 11.4 Å².